The van der Waals surface area contributed by atoms with Crippen LogP contribution < -0.4 is 0 Å². The average molecular weight is 458 g/mol. The van der Waals surface area contributed by atoms with Crippen molar-refractivity contribution in [1.29, 1.82) is 0 Å². The first-order chi connectivity index (χ1) is 13.9. The molecular formula is C22H20BrNO5. The van der Waals surface area contributed by atoms with E-state index in [9.17, 15) is 19.2 Å². The van der Waals surface area contributed by atoms with E-state index in [1.807, 2.05) is 0 Å². The predicted molar refractivity (Wildman–Crippen MR) is 105 cm³/mol. The minimum absolute atomic E-state index is 0.110. The average Bonchev–Trinajstić information content (AvgIpc) is 3.49. The lowest BCUT2D eigenvalue weighted by Crippen LogP contribution is -2.45. The number of imide groups is 1. The number of carbonyl (C=O) groups is 4. The van der Waals surface area contributed by atoms with Gasteiger partial charge in [0.2, 0.25) is 11.8 Å². The predicted octanol–water partition coefficient (Wildman–Crippen LogP) is 2.62. The summed E-state index contributed by atoms with van der Waals surface area (Å²) in [5.41, 5.74) is 0.426. The lowest BCUT2D eigenvalue weighted by Gasteiger charge is -2.37. The molecular weight excluding hydrogens is 438 g/mol. The van der Waals surface area contributed by atoms with Crippen LogP contribution in [0.25, 0.3) is 0 Å². The smallest absolute Gasteiger partial charge is 0.329 e. The molecule has 150 valence electrons. The number of halogens is 1. The highest BCUT2D eigenvalue weighted by Gasteiger charge is 2.67. The minimum atomic E-state index is -1.03. The normalized spacial score (nSPS) is 34.6. The molecule has 0 N–H and O–H groups in total. The van der Waals surface area contributed by atoms with Gasteiger partial charge >= 0.3 is 5.97 Å². The molecule has 1 saturated heterocycles. The van der Waals surface area contributed by atoms with Gasteiger partial charge in [-0.1, -0.05) is 40.2 Å². The number of hydrogen-bond donors (Lipinski definition) is 0. The molecule has 0 spiro atoms. The number of hydrogen-bond acceptors (Lipinski definition) is 5. The fraction of sp³-hybridized carbons (Fsp3) is 0.455. The van der Waals surface area contributed by atoms with Crippen molar-refractivity contribution in [3.63, 3.8) is 0 Å². The van der Waals surface area contributed by atoms with Gasteiger partial charge in [0.05, 0.1) is 11.8 Å². The van der Waals surface area contributed by atoms with Crippen LogP contribution in [0.4, 0.5) is 0 Å². The second-order valence-electron chi connectivity index (χ2n) is 8.41. The fourth-order valence-electron chi connectivity index (χ4n) is 5.44. The number of allylic oxidation sites excluding steroid dienone is 2. The number of carbonyl (C=O) groups excluding carboxylic acids is 4. The third-order valence-electron chi connectivity index (χ3n) is 6.94. The number of nitrogens with zero attached hydrogens (tertiary/aromatic N) is 1. The molecule has 2 amide bonds. The van der Waals surface area contributed by atoms with Crippen molar-refractivity contribution in [2.45, 2.75) is 19.4 Å². The van der Waals surface area contributed by atoms with E-state index in [0.717, 1.165) is 15.8 Å². The van der Waals surface area contributed by atoms with E-state index in [1.54, 1.807) is 24.3 Å². The Kier molecular flexibility index (Phi) is 4.28. The van der Waals surface area contributed by atoms with Gasteiger partial charge in [0, 0.05) is 10.0 Å². The number of Topliss-reactive ketones (excluding diaryl/α,β-unsaturated/α-hetero) is 1. The van der Waals surface area contributed by atoms with Gasteiger partial charge in [0.1, 0.15) is 6.04 Å². The summed E-state index contributed by atoms with van der Waals surface area (Å²) < 4.78 is 5.99. The van der Waals surface area contributed by atoms with Crippen LogP contribution in [0.2, 0.25) is 0 Å². The molecule has 5 aliphatic rings. The van der Waals surface area contributed by atoms with Crippen molar-refractivity contribution < 1.29 is 23.9 Å². The standard InChI is InChI=1S/C22H20BrNO5/c1-10(22(28)29-9-17(25)11-2-4-12(23)5-3-11)24-20(26)18-13-6-7-14(16-8-15(13)16)19(18)21(24)27/h2-7,10,13-16,18-19H,8-9H2,1H3/t10-,13+,14+,15+,16+,18-,19-/m1/s1. The van der Waals surface area contributed by atoms with Gasteiger partial charge in [-0.2, -0.15) is 0 Å². The van der Waals surface area contributed by atoms with Crippen LogP contribution in [0.5, 0.6) is 0 Å². The molecule has 1 aliphatic heterocycles. The number of ketones is 1. The van der Waals surface area contributed by atoms with Crippen LogP contribution in [-0.2, 0) is 19.1 Å². The molecule has 0 aromatic heterocycles. The number of likely N-dealkylation sites (tertiary alicyclic amines) is 1. The van der Waals surface area contributed by atoms with Crippen molar-refractivity contribution in [2.24, 2.45) is 35.5 Å². The van der Waals surface area contributed by atoms with Crippen LogP contribution in [0.1, 0.15) is 23.7 Å². The Hall–Kier alpha value is -2.28. The summed E-state index contributed by atoms with van der Waals surface area (Å²) in [6.07, 6.45) is 5.27. The van der Waals surface area contributed by atoms with Gasteiger partial charge in [0.25, 0.3) is 0 Å². The Morgan fingerprint density at radius 1 is 1.07 bits per heavy atom. The van der Waals surface area contributed by atoms with Crippen molar-refractivity contribution in [1.82, 2.24) is 4.90 Å². The highest BCUT2D eigenvalue weighted by atomic mass is 79.9. The molecule has 6 nitrogen and oxygen atoms in total. The third kappa shape index (κ3) is 2.81. The van der Waals surface area contributed by atoms with Crippen molar-refractivity contribution in [2.75, 3.05) is 6.61 Å². The lowest BCUT2D eigenvalue weighted by molar-refractivity contribution is -0.157. The minimum Gasteiger partial charge on any atom is -0.456 e. The quantitative estimate of drug-likeness (QED) is 0.293. The molecule has 0 radical (unpaired) electrons. The molecule has 2 saturated carbocycles. The van der Waals surface area contributed by atoms with Gasteiger partial charge < -0.3 is 4.74 Å². The molecule has 3 fully saturated rings. The summed E-state index contributed by atoms with van der Waals surface area (Å²) in [5, 5.41) is 0. The van der Waals surface area contributed by atoms with Gasteiger partial charge in [-0.3, -0.25) is 19.3 Å². The molecule has 29 heavy (non-hydrogen) atoms. The number of esters is 1. The van der Waals surface area contributed by atoms with E-state index in [0.29, 0.717) is 17.4 Å². The molecule has 2 bridgehead atoms. The van der Waals surface area contributed by atoms with E-state index in [1.165, 1.54) is 6.92 Å². The molecule has 0 unspecified atom stereocenters. The van der Waals surface area contributed by atoms with E-state index in [4.69, 9.17) is 4.74 Å². The van der Waals surface area contributed by atoms with Crippen molar-refractivity contribution >= 4 is 39.5 Å². The monoisotopic (exact) mass is 457 g/mol. The third-order valence-corrected chi connectivity index (χ3v) is 7.47. The Bertz CT molecular complexity index is 918. The van der Waals surface area contributed by atoms with E-state index in [2.05, 4.69) is 28.1 Å². The second kappa shape index (κ2) is 6.62. The maximum atomic E-state index is 13.0. The lowest BCUT2D eigenvalue weighted by atomic mass is 9.63. The second-order valence-corrected chi connectivity index (χ2v) is 9.33. The van der Waals surface area contributed by atoms with Crippen LogP contribution >= 0.6 is 15.9 Å². The first-order valence-electron chi connectivity index (χ1n) is 9.89. The fourth-order valence-corrected chi connectivity index (χ4v) is 5.71. The van der Waals surface area contributed by atoms with Gasteiger partial charge in [0.15, 0.2) is 12.4 Å². The summed E-state index contributed by atoms with van der Waals surface area (Å²) >= 11 is 3.30. The zero-order valence-corrected chi connectivity index (χ0v) is 17.4. The molecule has 1 aromatic carbocycles. The maximum Gasteiger partial charge on any atom is 0.329 e. The van der Waals surface area contributed by atoms with Crippen LogP contribution in [0.15, 0.2) is 40.9 Å². The van der Waals surface area contributed by atoms with Crippen LogP contribution in [0.3, 0.4) is 0 Å². The first kappa shape index (κ1) is 18.7. The van der Waals surface area contributed by atoms with E-state index in [-0.39, 0.29) is 41.3 Å². The van der Waals surface area contributed by atoms with Gasteiger partial charge in [-0.05, 0) is 49.1 Å². The Labute approximate surface area is 176 Å². The number of rotatable bonds is 5. The first-order valence-corrected chi connectivity index (χ1v) is 10.7. The highest BCUT2D eigenvalue weighted by molar-refractivity contribution is 9.10. The molecule has 1 heterocycles. The highest BCUT2D eigenvalue weighted by Crippen LogP contribution is 2.65. The van der Waals surface area contributed by atoms with Crippen molar-refractivity contribution in [3.05, 3.63) is 46.5 Å². The maximum absolute atomic E-state index is 13.0. The molecule has 6 rings (SSSR count). The zero-order chi connectivity index (χ0) is 20.4. The van der Waals surface area contributed by atoms with E-state index >= 15 is 0 Å². The largest absolute Gasteiger partial charge is 0.456 e. The number of ether oxygens (including phenoxy) is 1. The number of benzene rings is 1. The van der Waals surface area contributed by atoms with E-state index < -0.39 is 18.6 Å². The molecule has 7 atom stereocenters. The molecule has 1 aromatic rings. The Morgan fingerprint density at radius 3 is 2.17 bits per heavy atom. The summed E-state index contributed by atoms with van der Waals surface area (Å²) in [6.45, 7) is 1.07. The van der Waals surface area contributed by atoms with Gasteiger partial charge in [-0.25, -0.2) is 4.79 Å². The Balaban J connectivity index is 1.26. The topological polar surface area (TPSA) is 80.8 Å². The Morgan fingerprint density at radius 2 is 1.62 bits per heavy atom. The summed E-state index contributed by atoms with van der Waals surface area (Å²) in [7, 11) is 0. The summed E-state index contributed by atoms with van der Waals surface area (Å²) in [5.74, 6) is -1.07. The summed E-state index contributed by atoms with van der Waals surface area (Å²) in [6, 6.07) is 5.70. The van der Waals surface area contributed by atoms with Gasteiger partial charge in [-0.15, -0.1) is 0 Å². The molecule has 7 heteroatoms. The van der Waals surface area contributed by atoms with Crippen molar-refractivity contribution in [3.8, 4) is 0 Å². The zero-order valence-electron chi connectivity index (χ0n) is 15.8. The van der Waals surface area contributed by atoms with Crippen LogP contribution in [0, 0.1) is 35.5 Å². The van der Waals surface area contributed by atoms with Crippen LogP contribution in [-0.4, -0.2) is 41.1 Å². The SMILES string of the molecule is C[C@H](C(=O)OCC(=O)c1ccc(Br)cc1)N1C(=O)[C@@H]2[C@H]3C=C[C@@H]([C@@H]4C[C@@H]34)[C@H]2C1=O. The number of amides is 2. The summed E-state index contributed by atoms with van der Waals surface area (Å²) in [4.78, 5) is 51.9. The molecule has 4 aliphatic carbocycles.